The second-order valence-electron chi connectivity index (χ2n) is 6.61. The first-order chi connectivity index (χ1) is 12.1. The highest BCUT2D eigenvalue weighted by molar-refractivity contribution is 14.0. The second kappa shape index (κ2) is 9.63. The smallest absolute Gasteiger partial charge is 0.191 e. The summed E-state index contributed by atoms with van der Waals surface area (Å²) in [5.41, 5.74) is 1.06. The fourth-order valence-corrected chi connectivity index (χ4v) is 3.59. The number of guanidine groups is 1. The number of hydrogen-bond acceptors (Lipinski definition) is 5. The van der Waals surface area contributed by atoms with E-state index < -0.39 is 0 Å². The van der Waals surface area contributed by atoms with Crippen molar-refractivity contribution in [2.75, 3.05) is 7.05 Å². The molecule has 1 atom stereocenters. The quantitative estimate of drug-likeness (QED) is 0.384. The van der Waals surface area contributed by atoms with Gasteiger partial charge >= 0.3 is 0 Å². The fourth-order valence-electron chi connectivity index (χ4n) is 2.85. The highest BCUT2D eigenvalue weighted by atomic mass is 127. The molecule has 2 N–H and O–H groups in total. The SMILES string of the molecule is CCc1nc(CNC(=NC)NC2CCc3nc(C(C)C)nn3C2)cs1.I. The molecule has 2 aromatic rings. The summed E-state index contributed by atoms with van der Waals surface area (Å²) in [6.45, 7) is 7.90. The molecule has 0 aromatic carbocycles. The molecule has 0 fully saturated rings. The molecule has 1 aliphatic heterocycles. The van der Waals surface area contributed by atoms with Gasteiger partial charge in [-0.2, -0.15) is 5.10 Å². The molecular weight excluding hydrogens is 461 g/mol. The zero-order chi connectivity index (χ0) is 17.8. The molecule has 0 saturated carbocycles. The number of nitrogens with zero attached hydrogens (tertiary/aromatic N) is 5. The van der Waals surface area contributed by atoms with Crippen molar-refractivity contribution in [1.82, 2.24) is 30.4 Å². The van der Waals surface area contributed by atoms with Gasteiger partial charge in [-0.1, -0.05) is 20.8 Å². The van der Waals surface area contributed by atoms with Crippen LogP contribution in [0.25, 0.3) is 0 Å². The molecule has 0 amide bonds. The maximum atomic E-state index is 4.64. The van der Waals surface area contributed by atoms with Crippen molar-refractivity contribution in [3.05, 3.63) is 27.7 Å². The molecule has 26 heavy (non-hydrogen) atoms. The maximum absolute atomic E-state index is 4.64. The van der Waals surface area contributed by atoms with Crippen LogP contribution in [0.3, 0.4) is 0 Å². The van der Waals surface area contributed by atoms with Gasteiger partial charge in [0.05, 0.1) is 23.8 Å². The van der Waals surface area contributed by atoms with Crippen LogP contribution < -0.4 is 10.6 Å². The molecule has 0 saturated heterocycles. The van der Waals surface area contributed by atoms with Gasteiger partial charge in [0.2, 0.25) is 0 Å². The molecule has 0 aliphatic carbocycles. The molecule has 144 valence electrons. The van der Waals surface area contributed by atoms with Crippen molar-refractivity contribution in [3.63, 3.8) is 0 Å². The van der Waals surface area contributed by atoms with Crippen LogP contribution in [0.15, 0.2) is 10.4 Å². The Morgan fingerprint density at radius 2 is 2.23 bits per heavy atom. The Morgan fingerprint density at radius 3 is 2.88 bits per heavy atom. The third kappa shape index (κ3) is 5.15. The zero-order valence-electron chi connectivity index (χ0n) is 15.8. The summed E-state index contributed by atoms with van der Waals surface area (Å²) >= 11 is 1.71. The number of thiazole rings is 1. The highest BCUT2D eigenvalue weighted by Crippen LogP contribution is 2.17. The number of aryl methyl sites for hydroxylation is 2. The highest BCUT2D eigenvalue weighted by Gasteiger charge is 2.23. The summed E-state index contributed by atoms with van der Waals surface area (Å²) in [7, 11) is 1.80. The first kappa shape index (κ1) is 21.1. The van der Waals surface area contributed by atoms with Gasteiger partial charge in [0, 0.05) is 30.8 Å². The van der Waals surface area contributed by atoms with Crippen molar-refractivity contribution in [3.8, 4) is 0 Å². The van der Waals surface area contributed by atoms with E-state index >= 15 is 0 Å². The molecule has 2 aromatic heterocycles. The van der Waals surface area contributed by atoms with Gasteiger partial charge in [-0.3, -0.25) is 4.99 Å². The molecule has 0 radical (unpaired) electrons. The van der Waals surface area contributed by atoms with E-state index in [-0.39, 0.29) is 24.0 Å². The van der Waals surface area contributed by atoms with E-state index in [1.54, 1.807) is 18.4 Å². The van der Waals surface area contributed by atoms with E-state index in [0.29, 0.717) is 18.5 Å². The van der Waals surface area contributed by atoms with Crippen LogP contribution in [0.2, 0.25) is 0 Å². The molecule has 0 spiro atoms. The zero-order valence-corrected chi connectivity index (χ0v) is 19.0. The lowest BCUT2D eigenvalue weighted by molar-refractivity contribution is 0.391. The van der Waals surface area contributed by atoms with Gasteiger partial charge in [-0.05, 0) is 12.8 Å². The molecule has 9 heteroatoms. The molecule has 1 unspecified atom stereocenters. The number of halogens is 1. The van der Waals surface area contributed by atoms with E-state index in [1.807, 2.05) is 4.68 Å². The Balaban J connectivity index is 0.00000243. The van der Waals surface area contributed by atoms with E-state index in [9.17, 15) is 0 Å². The number of fused-ring (bicyclic) bond motifs is 1. The van der Waals surface area contributed by atoms with Gasteiger partial charge < -0.3 is 10.6 Å². The Bertz CT molecular complexity index is 737. The average molecular weight is 489 g/mol. The Labute approximate surface area is 176 Å². The first-order valence-electron chi connectivity index (χ1n) is 8.93. The summed E-state index contributed by atoms with van der Waals surface area (Å²) in [5, 5.41) is 14.8. The van der Waals surface area contributed by atoms with Crippen molar-refractivity contribution in [2.45, 2.75) is 65.1 Å². The molecule has 1 aliphatic rings. The Hall–Kier alpha value is -1.23. The summed E-state index contributed by atoms with van der Waals surface area (Å²) in [6.07, 6.45) is 2.96. The minimum atomic E-state index is 0. The summed E-state index contributed by atoms with van der Waals surface area (Å²) in [5.74, 6) is 3.21. The van der Waals surface area contributed by atoms with Crippen molar-refractivity contribution in [2.24, 2.45) is 4.99 Å². The topological polar surface area (TPSA) is 80.0 Å². The first-order valence-corrected chi connectivity index (χ1v) is 9.81. The van der Waals surface area contributed by atoms with Crippen LogP contribution in [0, 0.1) is 0 Å². The Morgan fingerprint density at radius 1 is 1.42 bits per heavy atom. The largest absolute Gasteiger partial charge is 0.352 e. The van der Waals surface area contributed by atoms with Gasteiger partial charge in [0.1, 0.15) is 5.82 Å². The molecule has 7 nitrogen and oxygen atoms in total. The monoisotopic (exact) mass is 489 g/mol. The fraction of sp³-hybridized carbons (Fsp3) is 0.647. The van der Waals surface area contributed by atoms with Crippen LogP contribution in [-0.4, -0.2) is 38.8 Å². The Kier molecular flexibility index (Phi) is 7.81. The summed E-state index contributed by atoms with van der Waals surface area (Å²) in [4.78, 5) is 13.6. The number of hydrogen-bond donors (Lipinski definition) is 2. The van der Waals surface area contributed by atoms with E-state index in [4.69, 9.17) is 0 Å². The van der Waals surface area contributed by atoms with E-state index in [1.165, 1.54) is 5.01 Å². The lowest BCUT2D eigenvalue weighted by Gasteiger charge is -2.25. The summed E-state index contributed by atoms with van der Waals surface area (Å²) < 4.78 is 2.04. The number of aromatic nitrogens is 4. The number of rotatable bonds is 5. The van der Waals surface area contributed by atoms with E-state index in [2.05, 4.69) is 56.8 Å². The second-order valence-corrected chi connectivity index (χ2v) is 7.56. The molecule has 3 rings (SSSR count). The van der Waals surface area contributed by atoms with Crippen LogP contribution >= 0.6 is 35.3 Å². The van der Waals surface area contributed by atoms with Crippen LogP contribution in [0.5, 0.6) is 0 Å². The van der Waals surface area contributed by atoms with Crippen LogP contribution in [-0.2, 0) is 25.9 Å². The van der Waals surface area contributed by atoms with Crippen LogP contribution in [0.4, 0.5) is 0 Å². The standard InChI is InChI=1S/C17H27N7S.HI/c1-5-15-20-13(10-25-15)8-19-17(18-4)21-12-6-7-14-22-16(11(2)3)23-24(14)9-12;/h10-12H,5-9H2,1-4H3,(H2,18,19,21);1H. The summed E-state index contributed by atoms with van der Waals surface area (Å²) in [6, 6.07) is 0.307. The number of nitrogens with one attached hydrogen (secondary N) is 2. The van der Waals surface area contributed by atoms with Crippen molar-refractivity contribution >= 4 is 41.3 Å². The van der Waals surface area contributed by atoms with Crippen molar-refractivity contribution in [1.29, 1.82) is 0 Å². The van der Waals surface area contributed by atoms with E-state index in [0.717, 1.165) is 49.1 Å². The van der Waals surface area contributed by atoms with Crippen molar-refractivity contribution < 1.29 is 0 Å². The normalized spacial score (nSPS) is 17.0. The lowest BCUT2D eigenvalue weighted by Crippen LogP contribution is -2.46. The maximum Gasteiger partial charge on any atom is 0.191 e. The van der Waals surface area contributed by atoms with Gasteiger partial charge in [0.15, 0.2) is 11.8 Å². The molecule has 3 heterocycles. The predicted molar refractivity (Wildman–Crippen MR) is 116 cm³/mol. The third-order valence-electron chi connectivity index (χ3n) is 4.29. The van der Waals surface area contributed by atoms with Gasteiger partial charge in [-0.15, -0.1) is 35.3 Å². The minimum absolute atomic E-state index is 0. The van der Waals surface area contributed by atoms with Gasteiger partial charge in [0.25, 0.3) is 0 Å². The average Bonchev–Trinajstić information content (AvgIpc) is 3.24. The van der Waals surface area contributed by atoms with Crippen LogP contribution in [0.1, 0.15) is 55.5 Å². The molecule has 0 bridgehead atoms. The third-order valence-corrected chi connectivity index (χ3v) is 5.34. The predicted octanol–water partition coefficient (Wildman–Crippen LogP) is 2.72. The molecular formula is C17H28IN7S. The lowest BCUT2D eigenvalue weighted by atomic mass is 10.1. The van der Waals surface area contributed by atoms with Gasteiger partial charge in [-0.25, -0.2) is 14.6 Å². The number of aliphatic imine (C=N–C) groups is 1. The minimum Gasteiger partial charge on any atom is -0.352 e.